The van der Waals surface area contributed by atoms with Gasteiger partial charge in [0.15, 0.2) is 11.7 Å². The summed E-state index contributed by atoms with van der Waals surface area (Å²) in [7, 11) is 0. The Balaban J connectivity index is 1.67. The van der Waals surface area contributed by atoms with Crippen LogP contribution in [0.2, 0.25) is 0 Å². The summed E-state index contributed by atoms with van der Waals surface area (Å²) in [6.45, 7) is 4.70. The molecule has 2 rings (SSSR count). The van der Waals surface area contributed by atoms with Crippen LogP contribution in [0, 0.1) is 0 Å². The second-order valence-electron chi connectivity index (χ2n) is 4.58. The minimum Gasteiger partial charge on any atom is -0.461 e. The summed E-state index contributed by atoms with van der Waals surface area (Å²) in [6, 6.07) is 3.62. The number of nitrogens with zero attached hydrogens (tertiary/aromatic N) is 3. The number of aliphatic imine (C=N–C) groups is 1. The maximum atomic E-state index is 5.77. The number of hydrogen-bond acceptors (Lipinski definition) is 5. The first-order valence-corrected chi connectivity index (χ1v) is 7.36. The normalized spacial score (nSPS) is 11.8. The molecule has 0 radical (unpaired) electrons. The second-order valence-corrected chi connectivity index (χ2v) is 4.58. The first kappa shape index (κ1) is 16.0. The highest BCUT2D eigenvalue weighted by atomic mass is 16.5. The van der Waals surface area contributed by atoms with Crippen molar-refractivity contribution >= 4 is 5.96 Å². The molecular weight excluding hydrogens is 284 g/mol. The first-order valence-electron chi connectivity index (χ1n) is 7.36. The lowest BCUT2D eigenvalue weighted by Gasteiger charge is -2.04. The van der Waals surface area contributed by atoms with Crippen molar-refractivity contribution in [2.24, 2.45) is 10.7 Å². The smallest absolute Gasteiger partial charge is 0.216 e. The highest BCUT2D eigenvalue weighted by Crippen LogP contribution is 2.14. The van der Waals surface area contributed by atoms with Crippen LogP contribution in [0.5, 0.6) is 0 Å². The minimum absolute atomic E-state index is 0.433. The molecule has 2 aromatic heterocycles. The predicted molar refractivity (Wildman–Crippen MR) is 83.4 cm³/mol. The molecule has 8 heteroatoms. The lowest BCUT2D eigenvalue weighted by atomic mass is 10.4. The number of furan rings is 1. The molecule has 0 saturated carbocycles. The van der Waals surface area contributed by atoms with Gasteiger partial charge in [0.25, 0.3) is 0 Å². The van der Waals surface area contributed by atoms with Gasteiger partial charge in [0.2, 0.25) is 5.82 Å². The molecule has 120 valence electrons. The van der Waals surface area contributed by atoms with Crippen LogP contribution in [0.15, 0.2) is 27.8 Å². The van der Waals surface area contributed by atoms with Crippen molar-refractivity contribution < 1.29 is 9.15 Å². The van der Waals surface area contributed by atoms with Crippen LogP contribution in [0.25, 0.3) is 11.6 Å². The van der Waals surface area contributed by atoms with E-state index in [4.69, 9.17) is 14.9 Å². The zero-order valence-electron chi connectivity index (χ0n) is 12.7. The van der Waals surface area contributed by atoms with Crippen molar-refractivity contribution in [3.63, 3.8) is 0 Å². The van der Waals surface area contributed by atoms with Crippen LogP contribution in [0.1, 0.15) is 19.2 Å². The number of rotatable bonds is 9. The molecule has 22 heavy (non-hydrogen) atoms. The molecule has 0 saturated heterocycles. The molecule has 2 heterocycles. The number of aromatic amines is 1. The van der Waals surface area contributed by atoms with Crippen molar-refractivity contribution in [1.29, 1.82) is 0 Å². The number of hydrogen-bond donors (Lipinski definition) is 3. The molecule has 0 fully saturated rings. The average Bonchev–Trinajstić information content (AvgIpc) is 3.18. The third-order valence-corrected chi connectivity index (χ3v) is 2.87. The summed E-state index contributed by atoms with van der Waals surface area (Å²) in [5.41, 5.74) is 5.77. The molecular formula is C14H22N6O2. The molecule has 2 aromatic rings. The molecule has 0 aromatic carbocycles. The maximum absolute atomic E-state index is 5.77. The number of H-pyrrole nitrogens is 1. The van der Waals surface area contributed by atoms with Gasteiger partial charge in [-0.1, -0.05) is 0 Å². The van der Waals surface area contributed by atoms with Gasteiger partial charge in [-0.2, -0.15) is 5.10 Å². The highest BCUT2D eigenvalue weighted by molar-refractivity contribution is 5.77. The monoisotopic (exact) mass is 306 g/mol. The molecule has 0 atom stereocenters. The van der Waals surface area contributed by atoms with E-state index in [1.165, 1.54) is 0 Å². The quantitative estimate of drug-likeness (QED) is 0.361. The number of ether oxygens (including phenoxy) is 1. The average molecular weight is 306 g/mol. The first-order chi connectivity index (χ1) is 10.8. The van der Waals surface area contributed by atoms with E-state index in [1.807, 2.05) is 13.0 Å². The Morgan fingerprint density at radius 2 is 2.45 bits per heavy atom. The zero-order valence-corrected chi connectivity index (χ0v) is 12.7. The zero-order chi connectivity index (χ0) is 15.6. The van der Waals surface area contributed by atoms with E-state index < -0.39 is 0 Å². The van der Waals surface area contributed by atoms with Gasteiger partial charge in [-0.25, -0.2) is 4.98 Å². The van der Waals surface area contributed by atoms with Crippen LogP contribution in [0.3, 0.4) is 0 Å². The molecule has 8 nitrogen and oxygen atoms in total. The van der Waals surface area contributed by atoms with Crippen LogP contribution in [-0.2, 0) is 11.2 Å². The summed E-state index contributed by atoms with van der Waals surface area (Å²) in [5, 5.41) is 10.0. The van der Waals surface area contributed by atoms with Crippen LogP contribution in [0.4, 0.5) is 0 Å². The van der Waals surface area contributed by atoms with Crippen LogP contribution in [-0.4, -0.2) is 47.4 Å². The largest absolute Gasteiger partial charge is 0.461 e. The third kappa shape index (κ3) is 5.21. The topological polar surface area (TPSA) is 114 Å². The summed E-state index contributed by atoms with van der Waals surface area (Å²) in [4.78, 5) is 8.56. The molecule has 0 bridgehead atoms. The van der Waals surface area contributed by atoms with Crippen molar-refractivity contribution in [3.8, 4) is 11.6 Å². The number of aromatic nitrogens is 3. The Morgan fingerprint density at radius 1 is 1.55 bits per heavy atom. The van der Waals surface area contributed by atoms with Gasteiger partial charge in [-0.3, -0.25) is 10.1 Å². The van der Waals surface area contributed by atoms with Gasteiger partial charge in [0.05, 0.1) is 6.26 Å². The molecule has 0 spiro atoms. The lowest BCUT2D eigenvalue weighted by Crippen LogP contribution is -2.33. The van der Waals surface area contributed by atoms with Crippen molar-refractivity contribution in [2.75, 3.05) is 26.3 Å². The van der Waals surface area contributed by atoms with Gasteiger partial charge < -0.3 is 20.2 Å². The summed E-state index contributed by atoms with van der Waals surface area (Å²) in [6.07, 6.45) is 3.13. The predicted octanol–water partition coefficient (Wildman–Crippen LogP) is 0.938. The summed E-state index contributed by atoms with van der Waals surface area (Å²) in [5.74, 6) is 2.40. The molecule has 0 unspecified atom stereocenters. The minimum atomic E-state index is 0.433. The van der Waals surface area contributed by atoms with E-state index >= 15 is 0 Å². The van der Waals surface area contributed by atoms with Gasteiger partial charge in [0.1, 0.15) is 5.82 Å². The maximum Gasteiger partial charge on any atom is 0.216 e. The van der Waals surface area contributed by atoms with Crippen molar-refractivity contribution in [3.05, 3.63) is 24.2 Å². The van der Waals surface area contributed by atoms with Gasteiger partial charge in [-0.05, 0) is 25.5 Å². The SMILES string of the molecule is CCOCCCN=C(N)NCCc1nc(-c2ccco2)n[nH]1. The fourth-order valence-electron chi connectivity index (χ4n) is 1.80. The van der Waals surface area contributed by atoms with E-state index in [9.17, 15) is 0 Å². The van der Waals surface area contributed by atoms with E-state index in [2.05, 4.69) is 25.5 Å². The lowest BCUT2D eigenvalue weighted by molar-refractivity contribution is 0.146. The van der Waals surface area contributed by atoms with Crippen LogP contribution >= 0.6 is 0 Å². The van der Waals surface area contributed by atoms with Gasteiger partial charge >= 0.3 is 0 Å². The number of nitrogens with one attached hydrogen (secondary N) is 2. The molecule has 0 aliphatic carbocycles. The van der Waals surface area contributed by atoms with Crippen molar-refractivity contribution in [2.45, 2.75) is 19.8 Å². The molecule has 0 aliphatic heterocycles. The Hall–Kier alpha value is -2.35. The summed E-state index contributed by atoms with van der Waals surface area (Å²) < 4.78 is 10.5. The molecule has 0 aliphatic rings. The van der Waals surface area contributed by atoms with Gasteiger partial charge in [-0.15, -0.1) is 0 Å². The fourth-order valence-corrected chi connectivity index (χ4v) is 1.80. The second kappa shape index (κ2) is 8.83. The van der Waals surface area contributed by atoms with Gasteiger partial charge in [0, 0.05) is 32.7 Å². The Kier molecular flexibility index (Phi) is 6.43. The third-order valence-electron chi connectivity index (χ3n) is 2.87. The van der Waals surface area contributed by atoms with E-state index in [1.54, 1.807) is 12.3 Å². The highest BCUT2D eigenvalue weighted by Gasteiger charge is 2.07. The molecule has 0 amide bonds. The Morgan fingerprint density at radius 3 is 3.23 bits per heavy atom. The molecule has 4 N–H and O–H groups in total. The van der Waals surface area contributed by atoms with E-state index in [0.717, 1.165) is 18.9 Å². The Bertz CT molecular complexity index is 564. The van der Waals surface area contributed by atoms with Crippen LogP contribution < -0.4 is 11.1 Å². The Labute approximate surface area is 129 Å². The fraction of sp³-hybridized carbons (Fsp3) is 0.500. The standard InChI is InChI=1S/C14H22N6O2/c1-2-21-9-4-7-16-14(15)17-8-6-12-18-13(20-19-12)11-5-3-10-22-11/h3,5,10H,2,4,6-9H2,1H3,(H3,15,16,17)(H,18,19,20). The number of nitrogens with two attached hydrogens (primary N) is 1. The van der Waals surface area contributed by atoms with Crippen molar-refractivity contribution in [1.82, 2.24) is 20.5 Å². The number of guanidine groups is 1. The summed E-state index contributed by atoms with van der Waals surface area (Å²) >= 11 is 0. The van der Waals surface area contributed by atoms with E-state index in [-0.39, 0.29) is 0 Å². The van der Waals surface area contributed by atoms with E-state index in [0.29, 0.717) is 43.7 Å².